The molecule has 184 valence electrons. The zero-order valence-electron chi connectivity index (χ0n) is 19.0. The lowest BCUT2D eigenvalue weighted by Crippen LogP contribution is -2.56. The molecule has 1 saturated carbocycles. The van der Waals surface area contributed by atoms with E-state index in [1.54, 1.807) is 0 Å². The van der Waals surface area contributed by atoms with Crippen LogP contribution in [0.25, 0.3) is 11.1 Å². The van der Waals surface area contributed by atoms with Gasteiger partial charge in [0, 0.05) is 37.4 Å². The van der Waals surface area contributed by atoms with Gasteiger partial charge in [-0.25, -0.2) is 13.6 Å². The van der Waals surface area contributed by atoms with Gasteiger partial charge in [-0.05, 0) is 35.1 Å². The first-order valence-corrected chi connectivity index (χ1v) is 11.8. The predicted octanol–water partition coefficient (Wildman–Crippen LogP) is 3.87. The minimum atomic E-state index is -3.32. The highest BCUT2D eigenvalue weighted by molar-refractivity contribution is 5.82. The quantitative estimate of drug-likeness (QED) is 0.672. The lowest BCUT2D eigenvalue weighted by molar-refractivity contribution is -0.171. The van der Waals surface area contributed by atoms with Crippen LogP contribution in [0.2, 0.25) is 0 Å². The number of ether oxygens (including phenoxy) is 1. The van der Waals surface area contributed by atoms with E-state index in [9.17, 15) is 23.2 Å². The first kappa shape index (κ1) is 23.3. The monoisotopic (exact) mass is 484 g/mol. The molecule has 1 unspecified atom stereocenters. The molecule has 2 amide bonds. The van der Waals surface area contributed by atoms with Crippen molar-refractivity contribution in [2.45, 2.75) is 37.1 Å². The van der Waals surface area contributed by atoms with Crippen molar-refractivity contribution in [2.75, 3.05) is 19.7 Å². The van der Waals surface area contributed by atoms with E-state index in [1.165, 1.54) is 4.90 Å². The Labute approximate surface area is 201 Å². The Morgan fingerprint density at radius 2 is 1.63 bits per heavy atom. The second-order valence-corrected chi connectivity index (χ2v) is 9.52. The van der Waals surface area contributed by atoms with Crippen LogP contribution in [-0.4, -0.2) is 59.6 Å². The number of benzene rings is 2. The molecule has 0 spiro atoms. The Kier molecular flexibility index (Phi) is 5.94. The van der Waals surface area contributed by atoms with Crippen LogP contribution in [0.4, 0.5) is 13.6 Å². The molecule has 35 heavy (non-hydrogen) atoms. The second-order valence-electron chi connectivity index (χ2n) is 9.52. The summed E-state index contributed by atoms with van der Waals surface area (Å²) >= 11 is 0. The summed E-state index contributed by atoms with van der Waals surface area (Å²) in [6.45, 7) is -0.480. The maximum Gasteiger partial charge on any atom is 0.407 e. The Morgan fingerprint density at radius 1 is 1.03 bits per heavy atom. The fourth-order valence-corrected chi connectivity index (χ4v) is 5.36. The normalized spacial score (nSPS) is 24.6. The number of amides is 2. The minimum absolute atomic E-state index is 0.0525. The zero-order chi connectivity index (χ0) is 24.7. The van der Waals surface area contributed by atoms with Crippen molar-refractivity contribution < 1.29 is 33.0 Å². The van der Waals surface area contributed by atoms with Crippen LogP contribution in [0, 0.1) is 11.8 Å². The first-order valence-electron chi connectivity index (χ1n) is 11.8. The van der Waals surface area contributed by atoms with E-state index in [2.05, 4.69) is 17.4 Å². The van der Waals surface area contributed by atoms with E-state index in [-0.39, 0.29) is 31.0 Å². The van der Waals surface area contributed by atoms with Crippen LogP contribution in [0.5, 0.6) is 0 Å². The third kappa shape index (κ3) is 4.35. The van der Waals surface area contributed by atoms with Crippen LogP contribution in [0.1, 0.15) is 36.3 Å². The first-order chi connectivity index (χ1) is 16.7. The van der Waals surface area contributed by atoms with Crippen LogP contribution in [-0.2, 0) is 14.3 Å². The van der Waals surface area contributed by atoms with Crippen molar-refractivity contribution in [2.24, 2.45) is 11.8 Å². The Hall–Kier alpha value is -3.49. The molecule has 2 aromatic carbocycles. The van der Waals surface area contributed by atoms with E-state index < -0.39 is 42.8 Å². The largest absolute Gasteiger partial charge is 0.481 e. The molecule has 2 aromatic rings. The average Bonchev–Trinajstić information content (AvgIpc) is 3.13. The van der Waals surface area contributed by atoms with E-state index in [0.717, 1.165) is 22.3 Å². The van der Waals surface area contributed by atoms with E-state index in [4.69, 9.17) is 9.84 Å². The Bertz CT molecular complexity index is 1120. The third-order valence-electron chi connectivity index (χ3n) is 7.39. The summed E-state index contributed by atoms with van der Waals surface area (Å²) in [6.07, 6.45) is -0.489. The molecule has 0 bridgehead atoms. The number of carbonyl (C=O) groups excluding carboxylic acids is 2. The number of hydrogen-bond acceptors (Lipinski definition) is 4. The number of halogens is 2. The standard InChI is InChI=1S/C26H26F2N2O5/c27-26(28)9-10-30(13-22(26)24(32)33)23(31)15-11-16(12-15)29-25(34)35-14-21-19-7-3-1-5-17(19)18-6-2-4-8-20(18)21/h1-8,15-16,21-22H,9-14H2,(H,29,34)(H,32,33). The fraction of sp³-hybridized carbons (Fsp3) is 0.423. The van der Waals surface area contributed by atoms with Crippen molar-refractivity contribution in [3.05, 3.63) is 59.7 Å². The number of carboxylic acid groups (broad SMARTS) is 1. The number of carboxylic acids is 1. The van der Waals surface area contributed by atoms with Crippen molar-refractivity contribution in [1.29, 1.82) is 0 Å². The molecule has 9 heteroatoms. The average molecular weight is 484 g/mol. The third-order valence-corrected chi connectivity index (χ3v) is 7.39. The SMILES string of the molecule is O=C(NC1CC(C(=O)N2CCC(F)(F)C(C(=O)O)C2)C1)OCC1c2ccccc2-c2ccccc21. The summed E-state index contributed by atoms with van der Waals surface area (Å²) in [5.41, 5.74) is 4.50. The molecular formula is C26H26F2N2O5. The smallest absolute Gasteiger partial charge is 0.407 e. The molecule has 2 aliphatic carbocycles. The fourth-order valence-electron chi connectivity index (χ4n) is 5.36. The minimum Gasteiger partial charge on any atom is -0.481 e. The molecule has 5 rings (SSSR count). The van der Waals surface area contributed by atoms with Gasteiger partial charge < -0.3 is 20.1 Å². The predicted molar refractivity (Wildman–Crippen MR) is 122 cm³/mol. The number of alkyl halides is 2. The maximum absolute atomic E-state index is 13.8. The number of fused-ring (bicyclic) bond motifs is 3. The van der Waals surface area contributed by atoms with Gasteiger partial charge in [0.15, 0.2) is 0 Å². The molecule has 2 N–H and O–H groups in total. The molecule has 7 nitrogen and oxygen atoms in total. The molecular weight excluding hydrogens is 458 g/mol. The van der Waals surface area contributed by atoms with Crippen LogP contribution < -0.4 is 5.32 Å². The van der Waals surface area contributed by atoms with Gasteiger partial charge in [-0.15, -0.1) is 0 Å². The lowest BCUT2D eigenvalue weighted by Gasteiger charge is -2.41. The van der Waals surface area contributed by atoms with Gasteiger partial charge in [-0.3, -0.25) is 9.59 Å². The summed E-state index contributed by atoms with van der Waals surface area (Å²) in [6, 6.07) is 15.8. The molecule has 0 aromatic heterocycles. The molecule has 3 aliphatic rings. The molecule has 1 saturated heterocycles. The summed E-state index contributed by atoms with van der Waals surface area (Å²) in [5.74, 6) is -7.63. The second kappa shape index (κ2) is 8.94. The highest BCUT2D eigenvalue weighted by atomic mass is 19.3. The number of nitrogens with one attached hydrogen (secondary N) is 1. The Morgan fingerprint density at radius 3 is 2.23 bits per heavy atom. The van der Waals surface area contributed by atoms with Crippen molar-refractivity contribution >= 4 is 18.0 Å². The number of likely N-dealkylation sites (tertiary alicyclic amines) is 1. The van der Waals surface area contributed by atoms with Gasteiger partial charge in [-0.1, -0.05) is 48.5 Å². The molecule has 1 heterocycles. The molecule has 0 radical (unpaired) electrons. The van der Waals surface area contributed by atoms with E-state index in [1.807, 2.05) is 36.4 Å². The number of aliphatic carboxylic acids is 1. The Balaban J connectivity index is 1.11. The number of carbonyl (C=O) groups is 3. The van der Waals surface area contributed by atoms with Crippen LogP contribution in [0.3, 0.4) is 0 Å². The van der Waals surface area contributed by atoms with Crippen LogP contribution in [0.15, 0.2) is 48.5 Å². The van der Waals surface area contributed by atoms with Crippen molar-refractivity contribution in [1.82, 2.24) is 10.2 Å². The molecule has 2 fully saturated rings. The topological polar surface area (TPSA) is 95.9 Å². The summed E-state index contributed by atoms with van der Waals surface area (Å²) < 4.78 is 33.2. The highest BCUT2D eigenvalue weighted by Crippen LogP contribution is 2.44. The van der Waals surface area contributed by atoms with Gasteiger partial charge in [0.05, 0.1) is 0 Å². The van der Waals surface area contributed by atoms with Crippen molar-refractivity contribution in [3.63, 3.8) is 0 Å². The molecule has 1 atom stereocenters. The van der Waals surface area contributed by atoms with Crippen LogP contribution >= 0.6 is 0 Å². The number of nitrogens with zero attached hydrogens (tertiary/aromatic N) is 1. The van der Waals surface area contributed by atoms with E-state index in [0.29, 0.717) is 12.8 Å². The van der Waals surface area contributed by atoms with E-state index >= 15 is 0 Å². The highest BCUT2D eigenvalue weighted by Gasteiger charge is 2.50. The van der Waals surface area contributed by atoms with Gasteiger partial charge in [0.25, 0.3) is 5.92 Å². The number of rotatable bonds is 5. The van der Waals surface area contributed by atoms with Gasteiger partial charge in [0.1, 0.15) is 12.5 Å². The van der Waals surface area contributed by atoms with Gasteiger partial charge in [0.2, 0.25) is 5.91 Å². The van der Waals surface area contributed by atoms with Gasteiger partial charge >= 0.3 is 12.1 Å². The summed E-state index contributed by atoms with van der Waals surface area (Å²) in [7, 11) is 0. The number of hydrogen-bond donors (Lipinski definition) is 2. The van der Waals surface area contributed by atoms with Crippen molar-refractivity contribution in [3.8, 4) is 11.1 Å². The summed E-state index contributed by atoms with van der Waals surface area (Å²) in [4.78, 5) is 37.5. The number of alkyl carbamates (subject to hydrolysis) is 1. The zero-order valence-corrected chi connectivity index (χ0v) is 19.0. The van der Waals surface area contributed by atoms with Gasteiger partial charge in [-0.2, -0.15) is 0 Å². The maximum atomic E-state index is 13.8. The summed E-state index contributed by atoms with van der Waals surface area (Å²) in [5, 5.41) is 11.9. The number of piperidine rings is 1. The lowest BCUT2D eigenvalue weighted by atomic mass is 9.78. The molecule has 1 aliphatic heterocycles.